The highest BCUT2D eigenvalue weighted by molar-refractivity contribution is 5.91. The van der Waals surface area contributed by atoms with Gasteiger partial charge in [0.05, 0.1) is 6.61 Å². The molecule has 1 atom stereocenters. The fourth-order valence-corrected chi connectivity index (χ4v) is 1.33. The van der Waals surface area contributed by atoms with Gasteiger partial charge in [-0.05, 0) is 25.2 Å². The molecule has 0 aromatic carbocycles. The van der Waals surface area contributed by atoms with E-state index in [0.717, 1.165) is 19.3 Å². The number of nitrogens with zero attached hydrogens (tertiary/aromatic N) is 1. The van der Waals surface area contributed by atoms with Crippen LogP contribution >= 0.6 is 0 Å². The molecule has 1 aliphatic carbocycles. The van der Waals surface area contributed by atoms with Crippen molar-refractivity contribution in [3.8, 4) is 6.07 Å². The molecule has 0 amide bonds. The average Bonchev–Trinajstić information content (AvgIpc) is 2.26. The first-order valence-corrected chi connectivity index (χ1v) is 4.65. The highest BCUT2D eigenvalue weighted by Gasteiger charge is 2.14. The van der Waals surface area contributed by atoms with Gasteiger partial charge >= 0.3 is 5.97 Å². The summed E-state index contributed by atoms with van der Waals surface area (Å²) in [5, 5.41) is 8.38. The first-order chi connectivity index (χ1) is 6.74. The molecule has 0 saturated heterocycles. The lowest BCUT2D eigenvalue weighted by molar-refractivity contribution is -0.139. The van der Waals surface area contributed by atoms with Crippen LogP contribution < -0.4 is 0 Å². The molecule has 1 aliphatic rings. The molecule has 0 spiro atoms. The van der Waals surface area contributed by atoms with Gasteiger partial charge < -0.3 is 4.74 Å². The number of carbonyl (C=O) groups excluding carboxylic acids is 1. The minimum Gasteiger partial charge on any atom is -0.461 e. The van der Waals surface area contributed by atoms with E-state index in [-0.39, 0.29) is 5.57 Å². The number of nitriles is 1. The summed E-state index contributed by atoms with van der Waals surface area (Å²) < 4.78 is 4.94. The van der Waals surface area contributed by atoms with Crippen LogP contribution in [0.1, 0.15) is 19.3 Å². The predicted molar refractivity (Wildman–Crippen MR) is 52.2 cm³/mol. The lowest BCUT2D eigenvalue weighted by Gasteiger charge is -2.16. The Morgan fingerprint density at radius 3 is 3.00 bits per heavy atom. The van der Waals surface area contributed by atoms with Gasteiger partial charge in [0.2, 0.25) is 0 Å². The standard InChI is InChI=1S/C11H13NO2/c1-9(7-12)11(13)14-8-10-5-3-2-4-6-10/h2-3,10H,1,4-6,8H2. The van der Waals surface area contributed by atoms with Gasteiger partial charge in [-0.1, -0.05) is 18.7 Å². The van der Waals surface area contributed by atoms with Crippen molar-refractivity contribution in [2.75, 3.05) is 6.61 Å². The van der Waals surface area contributed by atoms with Crippen LogP contribution in [0.2, 0.25) is 0 Å². The molecule has 0 N–H and O–H groups in total. The van der Waals surface area contributed by atoms with Crippen LogP contribution in [0.5, 0.6) is 0 Å². The second-order valence-corrected chi connectivity index (χ2v) is 3.34. The monoisotopic (exact) mass is 191 g/mol. The zero-order valence-electron chi connectivity index (χ0n) is 8.03. The van der Waals surface area contributed by atoms with E-state index in [1.165, 1.54) is 0 Å². The van der Waals surface area contributed by atoms with Crippen molar-refractivity contribution in [2.24, 2.45) is 5.92 Å². The van der Waals surface area contributed by atoms with Gasteiger partial charge in [-0.25, -0.2) is 4.79 Å². The molecule has 14 heavy (non-hydrogen) atoms. The molecule has 0 bridgehead atoms. The van der Waals surface area contributed by atoms with Crippen molar-refractivity contribution in [1.82, 2.24) is 0 Å². The third kappa shape index (κ3) is 3.06. The second kappa shape index (κ2) is 5.23. The van der Waals surface area contributed by atoms with Crippen LogP contribution in [-0.4, -0.2) is 12.6 Å². The fourth-order valence-electron chi connectivity index (χ4n) is 1.33. The van der Waals surface area contributed by atoms with E-state index in [1.54, 1.807) is 6.07 Å². The van der Waals surface area contributed by atoms with E-state index in [4.69, 9.17) is 10.00 Å². The average molecular weight is 191 g/mol. The minimum absolute atomic E-state index is 0.128. The number of ether oxygens (including phenoxy) is 1. The zero-order valence-corrected chi connectivity index (χ0v) is 8.03. The van der Waals surface area contributed by atoms with Crippen molar-refractivity contribution >= 4 is 5.97 Å². The molecule has 0 fully saturated rings. The number of carbonyl (C=O) groups is 1. The molecule has 0 aromatic heterocycles. The summed E-state index contributed by atoms with van der Waals surface area (Å²) in [6, 6.07) is 1.67. The molecule has 1 unspecified atom stereocenters. The lowest BCUT2D eigenvalue weighted by Crippen LogP contribution is -2.15. The summed E-state index contributed by atoms with van der Waals surface area (Å²) in [7, 11) is 0. The third-order valence-corrected chi connectivity index (χ3v) is 2.21. The highest BCUT2D eigenvalue weighted by atomic mass is 16.5. The van der Waals surface area contributed by atoms with Crippen molar-refractivity contribution in [2.45, 2.75) is 19.3 Å². The molecule has 3 nitrogen and oxygen atoms in total. The Labute approximate surface area is 83.7 Å². The summed E-state index contributed by atoms with van der Waals surface area (Å²) in [5.74, 6) is -0.197. The van der Waals surface area contributed by atoms with Crippen LogP contribution in [0, 0.1) is 17.2 Å². The van der Waals surface area contributed by atoms with Crippen LogP contribution in [0.3, 0.4) is 0 Å². The zero-order chi connectivity index (χ0) is 10.4. The van der Waals surface area contributed by atoms with Gasteiger partial charge in [0, 0.05) is 0 Å². The summed E-state index contributed by atoms with van der Waals surface area (Å²) in [5.41, 5.74) is -0.128. The van der Waals surface area contributed by atoms with Gasteiger partial charge in [-0.15, -0.1) is 0 Å². The van der Waals surface area contributed by atoms with E-state index in [1.807, 2.05) is 0 Å². The topological polar surface area (TPSA) is 50.1 Å². The molecule has 74 valence electrons. The van der Waals surface area contributed by atoms with Crippen LogP contribution in [0.4, 0.5) is 0 Å². The van der Waals surface area contributed by atoms with Gasteiger partial charge in [0.25, 0.3) is 0 Å². The molecule has 1 rings (SSSR count). The second-order valence-electron chi connectivity index (χ2n) is 3.34. The molecule has 3 heteroatoms. The predicted octanol–water partition coefficient (Wildman–Crippen LogP) is 1.97. The SMILES string of the molecule is C=C(C#N)C(=O)OCC1CC=CCC1. The number of allylic oxidation sites excluding steroid dienone is 2. The highest BCUT2D eigenvalue weighted by Crippen LogP contribution is 2.18. The van der Waals surface area contributed by atoms with Crippen molar-refractivity contribution < 1.29 is 9.53 Å². The number of esters is 1. The molecule has 0 aromatic rings. The fraction of sp³-hybridized carbons (Fsp3) is 0.455. The normalized spacial score (nSPS) is 19.8. The van der Waals surface area contributed by atoms with Gasteiger partial charge in [0.1, 0.15) is 11.6 Å². The first-order valence-electron chi connectivity index (χ1n) is 4.65. The Morgan fingerprint density at radius 1 is 1.64 bits per heavy atom. The summed E-state index contributed by atoms with van der Waals surface area (Å²) in [6.07, 6.45) is 7.27. The maximum absolute atomic E-state index is 11.1. The molecular formula is C11H13NO2. The Morgan fingerprint density at radius 2 is 2.43 bits per heavy atom. The van der Waals surface area contributed by atoms with Crippen molar-refractivity contribution in [3.63, 3.8) is 0 Å². The van der Waals surface area contributed by atoms with E-state index >= 15 is 0 Å². The van der Waals surface area contributed by atoms with E-state index in [2.05, 4.69) is 18.7 Å². The van der Waals surface area contributed by atoms with Crippen LogP contribution in [0.25, 0.3) is 0 Å². The molecule has 0 heterocycles. The van der Waals surface area contributed by atoms with Crippen molar-refractivity contribution in [1.29, 1.82) is 5.26 Å². The van der Waals surface area contributed by atoms with E-state index in [0.29, 0.717) is 12.5 Å². The molecule has 0 aliphatic heterocycles. The number of rotatable bonds is 3. The van der Waals surface area contributed by atoms with Crippen LogP contribution in [-0.2, 0) is 9.53 Å². The van der Waals surface area contributed by atoms with Gasteiger partial charge in [-0.2, -0.15) is 5.26 Å². The molecule has 0 radical (unpaired) electrons. The van der Waals surface area contributed by atoms with E-state index < -0.39 is 5.97 Å². The quantitative estimate of drug-likeness (QED) is 0.296. The summed E-state index contributed by atoms with van der Waals surface area (Å²) in [6.45, 7) is 3.68. The number of hydrogen-bond donors (Lipinski definition) is 0. The Hall–Kier alpha value is -1.56. The summed E-state index contributed by atoms with van der Waals surface area (Å²) >= 11 is 0. The number of hydrogen-bond acceptors (Lipinski definition) is 3. The van der Waals surface area contributed by atoms with Crippen molar-refractivity contribution in [3.05, 3.63) is 24.3 Å². The minimum atomic E-state index is -0.595. The smallest absolute Gasteiger partial charge is 0.348 e. The Balaban J connectivity index is 2.27. The van der Waals surface area contributed by atoms with E-state index in [9.17, 15) is 4.79 Å². The van der Waals surface area contributed by atoms with Gasteiger partial charge in [-0.3, -0.25) is 0 Å². The maximum Gasteiger partial charge on any atom is 0.348 e. The van der Waals surface area contributed by atoms with Gasteiger partial charge in [0.15, 0.2) is 0 Å². The molecule has 0 saturated carbocycles. The Kier molecular flexibility index (Phi) is 3.93. The Bertz CT molecular complexity index is 299. The van der Waals surface area contributed by atoms with Crippen LogP contribution in [0.15, 0.2) is 24.3 Å². The largest absolute Gasteiger partial charge is 0.461 e. The maximum atomic E-state index is 11.1. The molecular weight excluding hydrogens is 178 g/mol. The third-order valence-electron chi connectivity index (χ3n) is 2.21. The first kappa shape index (κ1) is 10.5. The summed E-state index contributed by atoms with van der Waals surface area (Å²) in [4.78, 5) is 11.1. The lowest BCUT2D eigenvalue weighted by atomic mass is 9.95.